The van der Waals surface area contributed by atoms with Gasteiger partial charge < -0.3 is 5.11 Å². The van der Waals surface area contributed by atoms with E-state index in [1.807, 2.05) is 0 Å². The van der Waals surface area contributed by atoms with Crippen molar-refractivity contribution in [2.45, 2.75) is 82.6 Å². The van der Waals surface area contributed by atoms with Crippen molar-refractivity contribution in [3.63, 3.8) is 0 Å². The van der Waals surface area contributed by atoms with E-state index in [1.54, 1.807) is 24.5 Å². The third-order valence-corrected chi connectivity index (χ3v) is 11.6. The van der Waals surface area contributed by atoms with Crippen molar-refractivity contribution in [1.29, 1.82) is 0 Å². The highest BCUT2D eigenvalue weighted by molar-refractivity contribution is 7.85. The molecule has 0 amide bonds. The largest absolute Gasteiger partial charge is 0.393 e. The van der Waals surface area contributed by atoms with E-state index in [0.29, 0.717) is 22.1 Å². The summed E-state index contributed by atoms with van der Waals surface area (Å²) in [6.07, 6.45) is 13.3. The minimum absolute atomic E-state index is 0.0583. The molecule has 0 saturated heterocycles. The number of pyridine rings is 1. The molecule has 0 spiro atoms. The van der Waals surface area contributed by atoms with E-state index in [0.717, 1.165) is 50.4 Å². The zero-order valence-electron chi connectivity index (χ0n) is 19.0. The van der Waals surface area contributed by atoms with E-state index in [9.17, 15) is 14.1 Å². The predicted molar refractivity (Wildman–Crippen MR) is 122 cm³/mol. The Bertz CT molecular complexity index is 859. The second kappa shape index (κ2) is 8.06. The second-order valence-corrected chi connectivity index (χ2v) is 12.8. The van der Waals surface area contributed by atoms with E-state index in [-0.39, 0.29) is 29.0 Å². The van der Waals surface area contributed by atoms with Crippen LogP contribution >= 0.6 is 0 Å². The Morgan fingerprint density at radius 2 is 1.74 bits per heavy atom. The van der Waals surface area contributed by atoms with Gasteiger partial charge in [0, 0.05) is 23.2 Å². The van der Waals surface area contributed by atoms with Crippen LogP contribution in [0.15, 0.2) is 29.4 Å². The van der Waals surface area contributed by atoms with Gasteiger partial charge >= 0.3 is 0 Å². The number of fused-ring (bicyclic) bond motifs is 5. The number of ketones is 1. The molecular formula is C26H37NO3S. The number of carbonyl (C=O) groups excluding carboxylic acids is 1. The Balaban J connectivity index is 1.32. The van der Waals surface area contributed by atoms with Gasteiger partial charge in [0.2, 0.25) is 0 Å². The minimum atomic E-state index is -1.28. The summed E-state index contributed by atoms with van der Waals surface area (Å²) in [6, 6.07) is 3.52. The van der Waals surface area contributed by atoms with Crippen LogP contribution in [-0.2, 0) is 15.6 Å². The Hall–Kier alpha value is -1.07. The molecule has 1 aromatic rings. The quantitative estimate of drug-likeness (QED) is 0.727. The SMILES string of the molecule is C[C@]12CC[C@H]3[C@@H](CCC4CC(O)CC[C@@]43C)[C@@H]1CC[C@@H]2C(=O)CS(=O)c1ccncc1. The standard InChI is InChI=1S/C26H37NO3S/c1-25-11-7-18(28)15-17(25)3-4-20-21-5-6-23(26(21,2)12-8-22(20)25)24(29)16-31(30)19-9-13-27-14-10-19/h9-10,13-14,17-18,20-23,28H,3-8,11-12,15-16H2,1-2H3/t17?,18?,20-,21-,22-,23+,25-,26-,31?/m0/s1. The molecule has 170 valence electrons. The molecular weight excluding hydrogens is 406 g/mol. The van der Waals surface area contributed by atoms with Gasteiger partial charge in [0.25, 0.3) is 0 Å². The normalized spacial score (nSPS) is 45.3. The molecule has 4 aliphatic carbocycles. The summed E-state index contributed by atoms with van der Waals surface area (Å²) in [4.78, 5) is 18.0. The predicted octanol–water partition coefficient (Wildman–Crippen LogP) is 4.78. The van der Waals surface area contributed by atoms with Crippen molar-refractivity contribution in [2.24, 2.45) is 40.4 Å². The molecule has 31 heavy (non-hydrogen) atoms. The molecule has 9 atom stereocenters. The van der Waals surface area contributed by atoms with Crippen molar-refractivity contribution in [3.8, 4) is 0 Å². The number of hydrogen-bond donors (Lipinski definition) is 1. The third-order valence-electron chi connectivity index (χ3n) is 10.2. The van der Waals surface area contributed by atoms with E-state index >= 15 is 0 Å². The lowest BCUT2D eigenvalue weighted by Crippen LogP contribution is -2.54. The molecule has 0 aliphatic heterocycles. The molecule has 0 aromatic carbocycles. The number of carbonyl (C=O) groups is 1. The average Bonchev–Trinajstić information content (AvgIpc) is 3.12. The molecule has 5 rings (SSSR count). The number of aromatic nitrogens is 1. The molecule has 1 aromatic heterocycles. The highest BCUT2D eigenvalue weighted by atomic mass is 32.2. The molecule has 0 bridgehead atoms. The van der Waals surface area contributed by atoms with Crippen molar-refractivity contribution in [3.05, 3.63) is 24.5 Å². The van der Waals surface area contributed by atoms with E-state index in [1.165, 1.54) is 19.3 Å². The summed E-state index contributed by atoms with van der Waals surface area (Å²) in [5.74, 6) is 3.17. The van der Waals surface area contributed by atoms with Crippen LogP contribution in [0.1, 0.15) is 71.6 Å². The van der Waals surface area contributed by atoms with Gasteiger partial charge in [0.05, 0.1) is 22.7 Å². The summed E-state index contributed by atoms with van der Waals surface area (Å²) < 4.78 is 12.8. The third kappa shape index (κ3) is 3.55. The number of aliphatic hydroxyl groups excluding tert-OH is 1. The molecule has 1 heterocycles. The smallest absolute Gasteiger partial charge is 0.149 e. The van der Waals surface area contributed by atoms with Crippen LogP contribution in [-0.4, -0.2) is 31.9 Å². The van der Waals surface area contributed by atoms with Gasteiger partial charge in [0.15, 0.2) is 0 Å². The van der Waals surface area contributed by atoms with Crippen LogP contribution in [0, 0.1) is 40.4 Å². The average molecular weight is 444 g/mol. The fourth-order valence-electron chi connectivity index (χ4n) is 8.57. The minimum Gasteiger partial charge on any atom is -0.393 e. The molecule has 4 fully saturated rings. The number of rotatable bonds is 4. The number of Topliss-reactive ketones (excluding diaryl/α,β-unsaturated/α-hetero) is 1. The van der Waals surface area contributed by atoms with Gasteiger partial charge in [-0.25, -0.2) is 0 Å². The maximum absolute atomic E-state index is 13.3. The van der Waals surface area contributed by atoms with E-state index in [2.05, 4.69) is 18.8 Å². The van der Waals surface area contributed by atoms with Crippen LogP contribution < -0.4 is 0 Å². The molecule has 4 nitrogen and oxygen atoms in total. The lowest BCUT2D eigenvalue weighted by molar-refractivity contribution is -0.138. The summed E-state index contributed by atoms with van der Waals surface area (Å²) in [5, 5.41) is 10.2. The van der Waals surface area contributed by atoms with Crippen LogP contribution in [0.4, 0.5) is 0 Å². The Morgan fingerprint density at radius 1 is 1.03 bits per heavy atom. The first-order valence-corrected chi connectivity index (χ1v) is 13.6. The van der Waals surface area contributed by atoms with Gasteiger partial charge in [-0.05, 0) is 104 Å². The number of hydrogen-bond acceptors (Lipinski definition) is 4. The molecule has 4 saturated carbocycles. The highest BCUT2D eigenvalue weighted by Gasteiger charge is 2.61. The van der Waals surface area contributed by atoms with Crippen molar-refractivity contribution in [2.75, 3.05) is 5.75 Å². The first kappa shape index (κ1) is 21.8. The zero-order chi connectivity index (χ0) is 21.8. The first-order chi connectivity index (χ1) is 14.8. The highest BCUT2D eigenvalue weighted by Crippen LogP contribution is 2.67. The fourth-order valence-corrected chi connectivity index (χ4v) is 9.62. The summed E-state index contributed by atoms with van der Waals surface area (Å²) >= 11 is 0. The Morgan fingerprint density at radius 3 is 2.52 bits per heavy atom. The van der Waals surface area contributed by atoms with Gasteiger partial charge in [-0.2, -0.15) is 0 Å². The topological polar surface area (TPSA) is 67.3 Å². The Labute approximate surface area is 189 Å². The summed E-state index contributed by atoms with van der Waals surface area (Å²) in [7, 11) is -1.28. The molecule has 4 aliphatic rings. The van der Waals surface area contributed by atoms with E-state index < -0.39 is 10.8 Å². The lowest BCUT2D eigenvalue weighted by Gasteiger charge is -2.60. The lowest BCUT2D eigenvalue weighted by atomic mass is 9.44. The van der Waals surface area contributed by atoms with Crippen LogP contribution in [0.3, 0.4) is 0 Å². The molecule has 5 heteroatoms. The monoisotopic (exact) mass is 443 g/mol. The van der Waals surface area contributed by atoms with Gasteiger partial charge in [-0.3, -0.25) is 14.0 Å². The van der Waals surface area contributed by atoms with Crippen LogP contribution in [0.2, 0.25) is 0 Å². The van der Waals surface area contributed by atoms with Crippen LogP contribution in [0.5, 0.6) is 0 Å². The number of aliphatic hydroxyl groups is 1. The van der Waals surface area contributed by atoms with Crippen molar-refractivity contribution >= 4 is 16.6 Å². The Kier molecular flexibility index (Phi) is 5.65. The summed E-state index contributed by atoms with van der Waals surface area (Å²) in [6.45, 7) is 4.89. The molecule has 3 unspecified atom stereocenters. The fraction of sp³-hybridized carbons (Fsp3) is 0.769. The maximum Gasteiger partial charge on any atom is 0.149 e. The first-order valence-electron chi connectivity index (χ1n) is 12.3. The summed E-state index contributed by atoms with van der Waals surface area (Å²) in [5.41, 5.74) is 0.437. The second-order valence-electron chi connectivity index (χ2n) is 11.4. The number of nitrogens with zero attached hydrogens (tertiary/aromatic N) is 1. The van der Waals surface area contributed by atoms with E-state index in [4.69, 9.17) is 0 Å². The van der Waals surface area contributed by atoms with Crippen molar-refractivity contribution < 1.29 is 14.1 Å². The maximum atomic E-state index is 13.3. The zero-order valence-corrected chi connectivity index (χ0v) is 19.8. The molecule has 1 N–H and O–H groups in total. The van der Waals surface area contributed by atoms with Gasteiger partial charge in [-0.15, -0.1) is 0 Å². The molecule has 0 radical (unpaired) electrons. The van der Waals surface area contributed by atoms with Gasteiger partial charge in [-0.1, -0.05) is 13.8 Å². The van der Waals surface area contributed by atoms with Crippen LogP contribution in [0.25, 0.3) is 0 Å². The van der Waals surface area contributed by atoms with Crippen molar-refractivity contribution in [1.82, 2.24) is 4.98 Å². The van der Waals surface area contributed by atoms with Gasteiger partial charge in [0.1, 0.15) is 5.78 Å².